The highest BCUT2D eigenvalue weighted by atomic mass is 32.1. The molecule has 66 valence electrons. The van der Waals surface area contributed by atoms with E-state index in [4.69, 9.17) is 5.84 Å². The molecule has 0 saturated heterocycles. The van der Waals surface area contributed by atoms with Crippen LogP contribution in [0.25, 0.3) is 0 Å². The predicted molar refractivity (Wildman–Crippen MR) is 46.2 cm³/mol. The Morgan fingerprint density at radius 3 is 3.08 bits per heavy atom. The van der Waals surface area contributed by atoms with E-state index in [1.807, 2.05) is 16.9 Å². The summed E-state index contributed by atoms with van der Waals surface area (Å²) < 4.78 is 0. The lowest BCUT2D eigenvalue weighted by molar-refractivity contribution is -0.123. The van der Waals surface area contributed by atoms with Gasteiger partial charge in [-0.3, -0.25) is 10.2 Å². The normalized spacial score (nSPS) is 12.5. The summed E-state index contributed by atoms with van der Waals surface area (Å²) in [5.74, 6) is 4.50. The van der Waals surface area contributed by atoms with Gasteiger partial charge in [0.1, 0.15) is 0 Å². The number of carbonyl (C=O) groups is 1. The molecule has 0 spiro atoms. The number of aliphatic hydroxyl groups is 1. The number of hydrazine groups is 1. The van der Waals surface area contributed by atoms with Crippen LogP contribution in [0.3, 0.4) is 0 Å². The summed E-state index contributed by atoms with van der Waals surface area (Å²) in [6.45, 7) is 0. The first kappa shape index (κ1) is 9.18. The van der Waals surface area contributed by atoms with Gasteiger partial charge in [0.05, 0.1) is 12.5 Å². The van der Waals surface area contributed by atoms with Crippen molar-refractivity contribution in [3.05, 3.63) is 22.4 Å². The van der Waals surface area contributed by atoms with E-state index in [1.54, 1.807) is 6.07 Å². The van der Waals surface area contributed by atoms with E-state index in [1.165, 1.54) is 11.3 Å². The van der Waals surface area contributed by atoms with Crippen molar-refractivity contribution in [3.63, 3.8) is 0 Å². The summed E-state index contributed by atoms with van der Waals surface area (Å²) >= 11 is 1.41. The maximum absolute atomic E-state index is 10.7. The fraction of sp³-hybridized carbons (Fsp3) is 0.286. The van der Waals surface area contributed by atoms with Gasteiger partial charge in [0.25, 0.3) is 0 Å². The summed E-state index contributed by atoms with van der Waals surface area (Å²) in [6, 6.07) is 3.60. The van der Waals surface area contributed by atoms with Gasteiger partial charge < -0.3 is 5.11 Å². The smallest absolute Gasteiger partial charge is 0.236 e. The van der Waals surface area contributed by atoms with E-state index in [9.17, 15) is 9.90 Å². The molecule has 1 heterocycles. The van der Waals surface area contributed by atoms with Gasteiger partial charge in [0.2, 0.25) is 5.91 Å². The molecule has 1 amide bonds. The van der Waals surface area contributed by atoms with E-state index in [-0.39, 0.29) is 12.3 Å². The van der Waals surface area contributed by atoms with Crippen LogP contribution in [0.5, 0.6) is 0 Å². The molecule has 1 aromatic heterocycles. The number of thiophene rings is 1. The second-order valence-corrected chi connectivity index (χ2v) is 3.28. The van der Waals surface area contributed by atoms with Crippen molar-refractivity contribution in [1.82, 2.24) is 5.43 Å². The molecule has 0 aliphatic heterocycles. The minimum Gasteiger partial charge on any atom is -0.387 e. The average molecular weight is 186 g/mol. The molecule has 4 nitrogen and oxygen atoms in total. The Labute approximate surface area is 74.0 Å². The summed E-state index contributed by atoms with van der Waals surface area (Å²) in [5.41, 5.74) is 1.96. The first-order valence-corrected chi connectivity index (χ1v) is 4.33. The van der Waals surface area contributed by atoms with Crippen LogP contribution in [0.15, 0.2) is 17.5 Å². The molecule has 12 heavy (non-hydrogen) atoms. The highest BCUT2D eigenvalue weighted by Gasteiger charge is 2.12. The fourth-order valence-corrected chi connectivity index (χ4v) is 1.53. The highest BCUT2D eigenvalue weighted by molar-refractivity contribution is 7.10. The molecule has 0 aliphatic carbocycles. The number of amides is 1. The van der Waals surface area contributed by atoms with Gasteiger partial charge in [-0.1, -0.05) is 6.07 Å². The molecular formula is C7H10N2O2S. The van der Waals surface area contributed by atoms with E-state index < -0.39 is 6.10 Å². The largest absolute Gasteiger partial charge is 0.387 e. The zero-order chi connectivity index (χ0) is 8.97. The van der Waals surface area contributed by atoms with Gasteiger partial charge in [-0.15, -0.1) is 11.3 Å². The third-order valence-corrected chi connectivity index (χ3v) is 2.38. The zero-order valence-electron chi connectivity index (χ0n) is 6.36. The quantitative estimate of drug-likeness (QED) is 0.357. The summed E-state index contributed by atoms with van der Waals surface area (Å²) in [4.78, 5) is 11.5. The molecule has 0 saturated carbocycles. The molecule has 1 aromatic rings. The molecular weight excluding hydrogens is 176 g/mol. The molecule has 4 N–H and O–H groups in total. The number of nitrogens with two attached hydrogens (primary N) is 1. The predicted octanol–water partition coefficient (Wildman–Crippen LogP) is 0.161. The van der Waals surface area contributed by atoms with Crippen molar-refractivity contribution in [2.24, 2.45) is 5.84 Å². The second kappa shape index (κ2) is 4.20. The third kappa shape index (κ3) is 2.30. The number of nitrogens with one attached hydrogen (secondary N) is 1. The van der Waals surface area contributed by atoms with Crippen molar-refractivity contribution >= 4 is 17.2 Å². The molecule has 0 radical (unpaired) electrons. The van der Waals surface area contributed by atoms with Crippen molar-refractivity contribution in [2.75, 3.05) is 0 Å². The van der Waals surface area contributed by atoms with Gasteiger partial charge in [-0.05, 0) is 11.4 Å². The maximum Gasteiger partial charge on any atom is 0.236 e. The fourth-order valence-electron chi connectivity index (χ4n) is 0.816. The SMILES string of the molecule is NNC(=O)CC(O)c1cccs1. The topological polar surface area (TPSA) is 75.3 Å². The molecule has 1 unspecified atom stereocenters. The van der Waals surface area contributed by atoms with Gasteiger partial charge in [-0.2, -0.15) is 0 Å². The highest BCUT2D eigenvalue weighted by Crippen LogP contribution is 2.20. The Kier molecular flexibility index (Phi) is 3.21. The van der Waals surface area contributed by atoms with Crippen LogP contribution in [0.2, 0.25) is 0 Å². The average Bonchev–Trinajstić information content (AvgIpc) is 2.56. The van der Waals surface area contributed by atoms with E-state index in [2.05, 4.69) is 0 Å². The Morgan fingerprint density at radius 1 is 1.83 bits per heavy atom. The van der Waals surface area contributed by atoms with Crippen molar-refractivity contribution in [3.8, 4) is 0 Å². The Balaban J connectivity index is 2.49. The van der Waals surface area contributed by atoms with Crippen LogP contribution >= 0.6 is 11.3 Å². The van der Waals surface area contributed by atoms with Gasteiger partial charge in [0, 0.05) is 4.88 Å². The third-order valence-electron chi connectivity index (χ3n) is 1.41. The summed E-state index contributed by atoms with van der Waals surface area (Å²) in [7, 11) is 0. The van der Waals surface area contributed by atoms with Crippen LogP contribution in [-0.2, 0) is 4.79 Å². The van der Waals surface area contributed by atoms with Gasteiger partial charge in [0.15, 0.2) is 0 Å². The molecule has 0 fully saturated rings. The summed E-state index contributed by atoms with van der Waals surface area (Å²) in [5, 5.41) is 11.3. The number of aliphatic hydroxyl groups excluding tert-OH is 1. The Hall–Kier alpha value is -0.910. The lowest BCUT2D eigenvalue weighted by Crippen LogP contribution is -2.31. The first-order valence-electron chi connectivity index (χ1n) is 3.45. The van der Waals surface area contributed by atoms with E-state index in [0.717, 1.165) is 4.88 Å². The number of rotatable bonds is 3. The minimum atomic E-state index is -0.742. The van der Waals surface area contributed by atoms with Crippen LogP contribution in [0.1, 0.15) is 17.4 Å². The van der Waals surface area contributed by atoms with Crippen LogP contribution < -0.4 is 11.3 Å². The molecule has 0 aromatic carbocycles. The van der Waals surface area contributed by atoms with Gasteiger partial charge in [-0.25, -0.2) is 5.84 Å². The van der Waals surface area contributed by atoms with Crippen LogP contribution in [0.4, 0.5) is 0 Å². The second-order valence-electron chi connectivity index (χ2n) is 2.30. The lowest BCUT2D eigenvalue weighted by atomic mass is 10.2. The monoisotopic (exact) mass is 186 g/mol. The van der Waals surface area contributed by atoms with E-state index >= 15 is 0 Å². The molecule has 1 atom stereocenters. The maximum atomic E-state index is 10.7. The molecule has 5 heteroatoms. The van der Waals surface area contributed by atoms with Crippen LogP contribution in [-0.4, -0.2) is 11.0 Å². The van der Waals surface area contributed by atoms with Crippen molar-refractivity contribution in [2.45, 2.75) is 12.5 Å². The zero-order valence-corrected chi connectivity index (χ0v) is 7.17. The number of carbonyl (C=O) groups excluding carboxylic acids is 1. The lowest BCUT2D eigenvalue weighted by Gasteiger charge is -2.05. The minimum absolute atomic E-state index is 0.0109. The van der Waals surface area contributed by atoms with Crippen LogP contribution in [0, 0.1) is 0 Å². The summed E-state index contributed by atoms with van der Waals surface area (Å²) in [6.07, 6.45) is -0.731. The van der Waals surface area contributed by atoms with Crippen molar-refractivity contribution < 1.29 is 9.90 Å². The number of hydrogen-bond donors (Lipinski definition) is 3. The van der Waals surface area contributed by atoms with E-state index in [0.29, 0.717) is 0 Å². The van der Waals surface area contributed by atoms with Gasteiger partial charge >= 0.3 is 0 Å². The molecule has 0 bridgehead atoms. The Morgan fingerprint density at radius 2 is 2.58 bits per heavy atom. The molecule has 1 rings (SSSR count). The Bertz CT molecular complexity index is 248. The number of hydrogen-bond acceptors (Lipinski definition) is 4. The standard InChI is InChI=1S/C7H10N2O2S/c8-9-7(11)4-5(10)6-2-1-3-12-6/h1-3,5,10H,4,8H2,(H,9,11). The van der Waals surface area contributed by atoms with Crippen molar-refractivity contribution in [1.29, 1.82) is 0 Å². The molecule has 0 aliphatic rings. The first-order chi connectivity index (χ1) is 5.74.